The van der Waals surface area contributed by atoms with E-state index in [1.807, 2.05) is 0 Å². The summed E-state index contributed by atoms with van der Waals surface area (Å²) in [6, 6.07) is -2.33. The van der Waals surface area contributed by atoms with Crippen LogP contribution in [0.25, 0.3) is 0 Å². The minimum atomic E-state index is -2.95. The molecule has 0 aliphatic rings. The molecule has 0 aliphatic carbocycles. The summed E-state index contributed by atoms with van der Waals surface area (Å²) >= 11 is 0. The lowest BCUT2D eigenvalue weighted by molar-refractivity contribution is -0.794. The average Bonchev–Trinajstić information content (AvgIpc) is 2.14. The van der Waals surface area contributed by atoms with E-state index in [0.717, 1.165) is 0 Å². The molecule has 0 aromatic rings. The zero-order valence-corrected chi connectivity index (χ0v) is 8.43. The summed E-state index contributed by atoms with van der Waals surface area (Å²) in [6.07, 6.45) is -1.36. The summed E-state index contributed by atoms with van der Waals surface area (Å²) in [7, 11) is 0. The predicted molar refractivity (Wildman–Crippen MR) is 43.8 cm³/mol. The summed E-state index contributed by atoms with van der Waals surface area (Å²) in [6.45, 7) is -1.07. The molecule has 17 heavy (non-hydrogen) atoms. The van der Waals surface area contributed by atoms with Crippen LogP contribution < -0.4 is 0 Å². The fraction of sp³-hybridized carbons (Fsp3) is 1.00. The van der Waals surface area contributed by atoms with Gasteiger partial charge < -0.3 is 0 Å². The summed E-state index contributed by atoms with van der Waals surface area (Å²) in [5.74, 6) is 0. The van der Waals surface area contributed by atoms with Gasteiger partial charge in [0.25, 0.3) is 0 Å². The smallest absolute Gasteiger partial charge is 0.258 e. The van der Waals surface area contributed by atoms with Crippen molar-refractivity contribution in [1.29, 1.82) is 0 Å². The Kier molecular flexibility index (Phi) is 5.15. The quantitative estimate of drug-likeness (QED) is 0.225. The highest BCUT2D eigenvalue weighted by molar-refractivity contribution is 4.72. The van der Waals surface area contributed by atoms with Gasteiger partial charge in [-0.1, -0.05) is 0 Å². The maximum absolute atomic E-state index is 12.1. The minimum Gasteiger partial charge on any atom is -0.258 e. The molecule has 0 aromatic heterocycles. The fourth-order valence-electron chi connectivity index (χ4n) is 1.02. The molecule has 1 atom stereocenters. The molecular weight excluding hydrogens is 256 g/mol. The van der Waals surface area contributed by atoms with Gasteiger partial charge in [-0.05, 0) is 0 Å². The maximum Gasteiger partial charge on any atom is 0.457 e. The van der Waals surface area contributed by atoms with Crippen molar-refractivity contribution in [3.63, 3.8) is 0 Å². The Morgan fingerprint density at radius 2 is 1.59 bits per heavy atom. The molecule has 12 heteroatoms. The van der Waals surface area contributed by atoms with E-state index in [1.54, 1.807) is 0 Å². The Bertz CT molecular complexity index is 288. The molecule has 0 aromatic carbocycles. The number of rotatable bonds is 7. The van der Waals surface area contributed by atoms with Crippen molar-refractivity contribution in [1.82, 2.24) is 10.7 Å². The van der Waals surface area contributed by atoms with E-state index in [0.29, 0.717) is 6.92 Å². The standard InChI is InChI=1S/C5H8F4N4O4/c1-5(12(14)15,13(16)17)2-4(11(8)9)3-10(6)7/h4H,2-3H2,1H3. The molecule has 0 radical (unpaired) electrons. The van der Waals surface area contributed by atoms with Crippen molar-refractivity contribution in [2.75, 3.05) is 6.54 Å². The second kappa shape index (κ2) is 5.67. The van der Waals surface area contributed by atoms with Crippen LogP contribution in [-0.2, 0) is 0 Å². The van der Waals surface area contributed by atoms with E-state index in [-0.39, 0.29) is 0 Å². The molecule has 0 bridgehead atoms. The molecule has 100 valence electrons. The molecule has 0 saturated heterocycles. The third-order valence-electron chi connectivity index (χ3n) is 2.03. The van der Waals surface area contributed by atoms with Crippen LogP contribution in [0.2, 0.25) is 0 Å². The molecule has 0 aliphatic heterocycles. The van der Waals surface area contributed by atoms with Crippen molar-refractivity contribution >= 4 is 0 Å². The highest BCUT2D eigenvalue weighted by Crippen LogP contribution is 2.22. The lowest BCUT2D eigenvalue weighted by Crippen LogP contribution is -2.49. The third-order valence-corrected chi connectivity index (χ3v) is 2.03. The molecule has 0 fully saturated rings. The first-order valence-corrected chi connectivity index (χ1v) is 4.10. The van der Waals surface area contributed by atoms with Crippen LogP contribution in [0.5, 0.6) is 0 Å². The summed E-state index contributed by atoms with van der Waals surface area (Å²) in [5, 5.41) is 17.5. The van der Waals surface area contributed by atoms with Gasteiger partial charge in [-0.3, -0.25) is 20.2 Å². The summed E-state index contributed by atoms with van der Waals surface area (Å²) in [4.78, 5) is 18.0. The highest BCUT2D eigenvalue weighted by atomic mass is 19.4. The molecule has 0 spiro atoms. The van der Waals surface area contributed by atoms with Gasteiger partial charge in [0.1, 0.15) is 12.5 Å². The van der Waals surface area contributed by atoms with Crippen molar-refractivity contribution in [3.05, 3.63) is 20.2 Å². The number of hydrogen-bond donors (Lipinski definition) is 0. The Balaban J connectivity index is 4.94. The zero-order chi connectivity index (χ0) is 13.8. The number of nitrogens with zero attached hydrogens (tertiary/aromatic N) is 4. The van der Waals surface area contributed by atoms with E-state index >= 15 is 0 Å². The lowest BCUT2D eigenvalue weighted by atomic mass is 10.0. The van der Waals surface area contributed by atoms with Crippen LogP contribution in [-0.4, -0.2) is 38.8 Å². The van der Waals surface area contributed by atoms with Crippen molar-refractivity contribution < 1.29 is 27.8 Å². The molecule has 0 amide bonds. The molecular formula is C5H8F4N4O4. The van der Waals surface area contributed by atoms with E-state index in [4.69, 9.17) is 0 Å². The second-order valence-electron chi connectivity index (χ2n) is 3.33. The average molecular weight is 264 g/mol. The van der Waals surface area contributed by atoms with Gasteiger partial charge in [-0.15, -0.1) is 17.9 Å². The Morgan fingerprint density at radius 1 is 1.18 bits per heavy atom. The predicted octanol–water partition coefficient (Wildman–Crippen LogP) is 1.16. The van der Waals surface area contributed by atoms with Crippen molar-refractivity contribution in [2.24, 2.45) is 0 Å². The van der Waals surface area contributed by atoms with Crippen LogP contribution in [0, 0.1) is 20.2 Å². The Morgan fingerprint density at radius 3 is 1.82 bits per heavy atom. The number of halogens is 4. The topological polar surface area (TPSA) is 92.8 Å². The van der Waals surface area contributed by atoms with E-state index in [1.165, 1.54) is 0 Å². The maximum atomic E-state index is 12.1. The van der Waals surface area contributed by atoms with Gasteiger partial charge in [0.15, 0.2) is 0 Å². The van der Waals surface area contributed by atoms with Gasteiger partial charge in [0, 0.05) is 10.7 Å². The molecule has 0 N–H and O–H groups in total. The van der Waals surface area contributed by atoms with Gasteiger partial charge in [0.2, 0.25) is 0 Å². The number of hydrogen-bond acceptors (Lipinski definition) is 6. The van der Waals surface area contributed by atoms with Gasteiger partial charge in [0.05, 0.1) is 23.3 Å². The zero-order valence-electron chi connectivity index (χ0n) is 8.43. The van der Waals surface area contributed by atoms with Crippen molar-refractivity contribution in [2.45, 2.75) is 25.0 Å². The van der Waals surface area contributed by atoms with Gasteiger partial charge in [-0.25, -0.2) is 0 Å². The van der Waals surface area contributed by atoms with E-state index in [2.05, 4.69) is 0 Å². The monoisotopic (exact) mass is 264 g/mol. The highest BCUT2D eigenvalue weighted by Gasteiger charge is 2.53. The lowest BCUT2D eigenvalue weighted by Gasteiger charge is -2.19. The van der Waals surface area contributed by atoms with Crippen LogP contribution in [0.4, 0.5) is 17.9 Å². The van der Waals surface area contributed by atoms with Crippen LogP contribution in [0.3, 0.4) is 0 Å². The normalized spacial score (nSPS) is 14.1. The Hall–Kier alpha value is -1.56. The SMILES string of the molecule is CC(CC(CN(F)F)N(F)F)([N+](=O)[O-])[N+](=O)[O-]. The summed E-state index contributed by atoms with van der Waals surface area (Å²) in [5.41, 5.74) is -2.95. The van der Waals surface area contributed by atoms with Crippen LogP contribution >= 0.6 is 0 Å². The van der Waals surface area contributed by atoms with Crippen LogP contribution in [0.15, 0.2) is 0 Å². The first-order valence-electron chi connectivity index (χ1n) is 4.10. The summed E-state index contributed by atoms with van der Waals surface area (Å²) < 4.78 is 47.8. The molecule has 0 heterocycles. The minimum absolute atomic E-state index is 0.476. The molecule has 8 nitrogen and oxygen atoms in total. The first-order chi connectivity index (χ1) is 7.61. The Labute approximate surface area is 91.4 Å². The molecule has 1 unspecified atom stereocenters. The van der Waals surface area contributed by atoms with E-state index < -0.39 is 45.2 Å². The first kappa shape index (κ1) is 15.4. The third kappa shape index (κ3) is 4.07. The van der Waals surface area contributed by atoms with Crippen molar-refractivity contribution in [3.8, 4) is 0 Å². The largest absolute Gasteiger partial charge is 0.457 e. The molecule has 0 saturated carbocycles. The van der Waals surface area contributed by atoms with Gasteiger partial charge in [-0.2, -0.15) is 0 Å². The second-order valence-corrected chi connectivity index (χ2v) is 3.33. The fourth-order valence-corrected chi connectivity index (χ4v) is 1.02. The van der Waals surface area contributed by atoms with E-state index in [9.17, 15) is 38.2 Å². The molecule has 0 rings (SSSR count). The van der Waals surface area contributed by atoms with Gasteiger partial charge >= 0.3 is 5.66 Å². The number of nitro groups is 2. The van der Waals surface area contributed by atoms with Crippen LogP contribution in [0.1, 0.15) is 13.3 Å².